The number of amides is 4. The number of para-hydroxylation sites is 3. The zero-order valence-corrected chi connectivity index (χ0v) is 24.6. The minimum Gasteiger partial charge on any atom is -0.348 e. The Morgan fingerprint density at radius 2 is 1.93 bits per heavy atom. The van der Waals surface area contributed by atoms with Gasteiger partial charge in [0.2, 0.25) is 23.6 Å². The van der Waals surface area contributed by atoms with Gasteiger partial charge in [-0.1, -0.05) is 55.8 Å². The highest BCUT2D eigenvalue weighted by atomic mass is 16.2. The van der Waals surface area contributed by atoms with E-state index < -0.39 is 24.0 Å². The number of aromatic nitrogens is 5. The summed E-state index contributed by atoms with van der Waals surface area (Å²) >= 11 is 0. The highest BCUT2D eigenvalue weighted by Gasteiger charge is 2.44. The van der Waals surface area contributed by atoms with Gasteiger partial charge in [-0.25, -0.2) is 4.98 Å². The highest BCUT2D eigenvalue weighted by Crippen LogP contribution is 2.39. The topological polar surface area (TPSA) is 178 Å². The number of benzene rings is 2. The Hall–Kier alpha value is -5.07. The number of imidazole rings is 1. The van der Waals surface area contributed by atoms with Gasteiger partial charge in [-0.15, -0.1) is 5.10 Å². The largest absolute Gasteiger partial charge is 0.348 e. The normalized spacial score (nSPS) is 18.8. The number of aromatic amines is 2. The molecule has 0 bridgehead atoms. The Bertz CT molecular complexity index is 1670. The number of nitrogens with zero attached hydrogens (tertiary/aromatic N) is 4. The van der Waals surface area contributed by atoms with Crippen LogP contribution in [0.25, 0.3) is 11.0 Å². The Morgan fingerprint density at radius 1 is 1.11 bits per heavy atom. The van der Waals surface area contributed by atoms with Gasteiger partial charge < -0.3 is 20.9 Å². The van der Waals surface area contributed by atoms with E-state index in [4.69, 9.17) is 0 Å². The molecule has 0 unspecified atom stereocenters. The van der Waals surface area contributed by atoms with Gasteiger partial charge in [-0.2, -0.15) is 0 Å². The number of H-pyrrole nitrogens is 2. The van der Waals surface area contributed by atoms with Gasteiger partial charge >= 0.3 is 0 Å². The molecule has 4 aromatic rings. The van der Waals surface area contributed by atoms with E-state index in [0.717, 1.165) is 27.8 Å². The molecule has 2 aliphatic rings. The monoisotopic (exact) mass is 597 g/mol. The molecular weight excluding hydrogens is 562 g/mol. The summed E-state index contributed by atoms with van der Waals surface area (Å²) in [4.78, 5) is 63.4. The zero-order chi connectivity index (χ0) is 30.8. The number of anilines is 1. The average Bonchev–Trinajstić information content (AvgIpc) is 3.76. The Balaban J connectivity index is 1.17. The minimum atomic E-state index is -0.870. The second-order valence-electron chi connectivity index (χ2n) is 11.4. The second-order valence-corrected chi connectivity index (χ2v) is 11.4. The number of rotatable bonds is 10. The molecule has 44 heavy (non-hydrogen) atoms. The van der Waals surface area contributed by atoms with Crippen molar-refractivity contribution in [2.24, 2.45) is 5.92 Å². The number of nitrogens with one attached hydrogen (secondary N) is 5. The van der Waals surface area contributed by atoms with Gasteiger partial charge in [-0.05, 0) is 42.0 Å². The van der Waals surface area contributed by atoms with Gasteiger partial charge in [0.05, 0.1) is 29.7 Å². The zero-order valence-electron chi connectivity index (χ0n) is 24.6. The number of hydrogen-bond donors (Lipinski definition) is 5. The van der Waals surface area contributed by atoms with E-state index in [0.29, 0.717) is 37.2 Å². The maximum absolute atomic E-state index is 14.1. The molecule has 2 aromatic carbocycles. The highest BCUT2D eigenvalue weighted by molar-refractivity contribution is 6.08. The quantitative estimate of drug-likeness (QED) is 0.184. The van der Waals surface area contributed by atoms with Crippen LogP contribution >= 0.6 is 0 Å². The van der Waals surface area contributed by atoms with E-state index in [9.17, 15) is 19.2 Å². The summed E-state index contributed by atoms with van der Waals surface area (Å²) in [5.74, 6) is -1.14. The van der Waals surface area contributed by atoms with Crippen LogP contribution in [0.3, 0.4) is 0 Å². The van der Waals surface area contributed by atoms with Gasteiger partial charge in [0.1, 0.15) is 29.6 Å². The Kier molecular flexibility index (Phi) is 8.09. The van der Waals surface area contributed by atoms with E-state index in [2.05, 4.69) is 41.3 Å². The molecule has 2 aliphatic heterocycles. The van der Waals surface area contributed by atoms with Crippen molar-refractivity contribution in [3.8, 4) is 0 Å². The first-order valence-corrected chi connectivity index (χ1v) is 14.9. The third-order valence-corrected chi connectivity index (χ3v) is 8.52. The standard InChI is InChI=1S/C31H35N9O4/c1-3-17(2)27(37-26(41)14-25-34-21-9-4-5-10-22(21)35-25)30(43)36-23-12-11-18-7-6-8-19-13-24(40(28(18)19)31(23)44)29(42)32-15-20-16-33-39-38-20/h4-10,16-17,23-24,27H,3,11-15H2,1-2H3,(H,32,42)(H,34,35)(H,36,43)(H,37,41)(H,33,38,39)/t17-,23-,24-,27-/m0/s1. The molecule has 4 amide bonds. The van der Waals surface area contributed by atoms with Crippen LogP contribution in [0.5, 0.6) is 0 Å². The van der Waals surface area contributed by atoms with Crippen molar-refractivity contribution >= 4 is 40.3 Å². The van der Waals surface area contributed by atoms with E-state index in [1.165, 1.54) is 0 Å². The van der Waals surface area contributed by atoms with E-state index in [-0.39, 0.29) is 36.6 Å². The summed E-state index contributed by atoms with van der Waals surface area (Å²) in [7, 11) is 0. The lowest BCUT2D eigenvalue weighted by molar-refractivity contribution is -0.133. The van der Waals surface area contributed by atoms with Gasteiger partial charge in [0.25, 0.3) is 0 Å². The second kappa shape index (κ2) is 12.3. The molecule has 4 atom stereocenters. The predicted octanol–water partition coefficient (Wildman–Crippen LogP) is 1.46. The average molecular weight is 598 g/mol. The van der Waals surface area contributed by atoms with Crippen LogP contribution in [-0.2, 0) is 45.0 Å². The number of carbonyl (C=O) groups excluding carboxylic acids is 4. The lowest BCUT2D eigenvalue weighted by atomic mass is 9.97. The molecule has 2 aromatic heterocycles. The molecule has 6 rings (SSSR count). The molecule has 0 saturated heterocycles. The molecule has 13 heteroatoms. The third-order valence-electron chi connectivity index (χ3n) is 8.52. The van der Waals surface area contributed by atoms with Crippen LogP contribution in [0, 0.1) is 5.92 Å². The van der Waals surface area contributed by atoms with Crippen molar-refractivity contribution in [2.45, 2.75) is 70.6 Å². The first-order chi connectivity index (χ1) is 21.3. The molecule has 0 radical (unpaired) electrons. The molecule has 0 fully saturated rings. The maximum Gasteiger partial charge on any atom is 0.250 e. The van der Waals surface area contributed by atoms with Crippen LogP contribution in [-0.4, -0.2) is 67.1 Å². The van der Waals surface area contributed by atoms with Crippen molar-refractivity contribution in [2.75, 3.05) is 4.90 Å². The van der Waals surface area contributed by atoms with E-state index >= 15 is 0 Å². The van der Waals surface area contributed by atoms with Crippen molar-refractivity contribution < 1.29 is 19.2 Å². The fourth-order valence-corrected chi connectivity index (χ4v) is 6.01. The summed E-state index contributed by atoms with van der Waals surface area (Å²) in [6.07, 6.45) is 3.49. The van der Waals surface area contributed by atoms with Crippen LogP contribution < -0.4 is 20.9 Å². The lowest BCUT2D eigenvalue weighted by Crippen LogP contribution is -2.58. The number of fused-ring (bicyclic) bond motifs is 1. The van der Waals surface area contributed by atoms with Crippen LogP contribution in [0.1, 0.15) is 49.3 Å². The minimum absolute atomic E-state index is 0.0196. The van der Waals surface area contributed by atoms with Crippen molar-refractivity contribution in [1.82, 2.24) is 41.3 Å². The van der Waals surface area contributed by atoms with Gasteiger partial charge in [0, 0.05) is 12.6 Å². The summed E-state index contributed by atoms with van der Waals surface area (Å²) in [5, 5.41) is 18.8. The Labute approximate surface area is 253 Å². The Morgan fingerprint density at radius 3 is 2.70 bits per heavy atom. The van der Waals surface area contributed by atoms with Gasteiger partial charge in [-0.3, -0.25) is 29.2 Å². The molecule has 13 nitrogen and oxygen atoms in total. The van der Waals surface area contributed by atoms with Crippen LogP contribution in [0.15, 0.2) is 48.7 Å². The summed E-state index contributed by atoms with van der Waals surface area (Å²) in [6.45, 7) is 4.00. The molecular formula is C31H35N9O4. The van der Waals surface area contributed by atoms with Crippen molar-refractivity contribution in [1.29, 1.82) is 0 Å². The molecule has 0 saturated carbocycles. The maximum atomic E-state index is 14.1. The molecule has 0 spiro atoms. The van der Waals surface area contributed by atoms with Gasteiger partial charge in [0.15, 0.2) is 0 Å². The SMILES string of the molecule is CC[C@H](C)[C@H](NC(=O)Cc1nc2ccccc2[nH]1)C(=O)N[C@H]1CCc2cccc3c2N(C1=O)[C@H](C(=O)NCc1c[nH]nn1)C3. The van der Waals surface area contributed by atoms with Crippen molar-refractivity contribution in [3.63, 3.8) is 0 Å². The van der Waals surface area contributed by atoms with Crippen LogP contribution in [0.2, 0.25) is 0 Å². The number of aryl methyl sites for hydroxylation is 1. The fourth-order valence-electron chi connectivity index (χ4n) is 6.01. The smallest absolute Gasteiger partial charge is 0.250 e. The number of carbonyl (C=O) groups is 4. The van der Waals surface area contributed by atoms with Crippen molar-refractivity contribution in [3.05, 3.63) is 71.3 Å². The predicted molar refractivity (Wildman–Crippen MR) is 161 cm³/mol. The summed E-state index contributed by atoms with van der Waals surface area (Å²) in [5.41, 5.74) is 4.77. The summed E-state index contributed by atoms with van der Waals surface area (Å²) < 4.78 is 0. The van der Waals surface area contributed by atoms with E-state index in [1.54, 1.807) is 11.1 Å². The first-order valence-electron chi connectivity index (χ1n) is 14.9. The fraction of sp³-hybridized carbons (Fsp3) is 0.387. The number of hydrogen-bond acceptors (Lipinski definition) is 7. The molecule has 4 heterocycles. The molecule has 228 valence electrons. The van der Waals surface area contributed by atoms with Crippen LogP contribution in [0.4, 0.5) is 5.69 Å². The summed E-state index contributed by atoms with van der Waals surface area (Å²) in [6, 6.07) is 10.8. The lowest BCUT2D eigenvalue weighted by Gasteiger charge is -2.29. The molecule has 5 N–H and O–H groups in total. The third kappa shape index (κ3) is 5.77. The van der Waals surface area contributed by atoms with E-state index in [1.807, 2.05) is 56.3 Å². The first kappa shape index (κ1) is 29.0. The molecule has 0 aliphatic carbocycles.